The smallest absolute Gasteiger partial charge is 0.410 e. The van der Waals surface area contributed by atoms with Crippen molar-refractivity contribution < 1.29 is 9.53 Å². The highest BCUT2D eigenvalue weighted by molar-refractivity contribution is 6.30. The fraction of sp³-hybridized carbons (Fsp3) is 0.350. The number of aromatic amines is 1. The van der Waals surface area contributed by atoms with E-state index in [0.29, 0.717) is 18.2 Å². The summed E-state index contributed by atoms with van der Waals surface area (Å²) in [5.74, 6) is 0. The van der Waals surface area contributed by atoms with Crippen LogP contribution in [-0.2, 0) is 4.74 Å². The van der Waals surface area contributed by atoms with E-state index >= 15 is 0 Å². The van der Waals surface area contributed by atoms with Crippen LogP contribution in [0.1, 0.15) is 32.8 Å². The molecule has 7 heteroatoms. The number of benzene rings is 1. The number of ether oxygens (including phenoxy) is 1. The van der Waals surface area contributed by atoms with Gasteiger partial charge in [0.05, 0.1) is 0 Å². The molecular formula is C20H21ClN4O2. The van der Waals surface area contributed by atoms with Gasteiger partial charge >= 0.3 is 6.09 Å². The minimum Gasteiger partial charge on any atom is -0.444 e. The first-order valence-corrected chi connectivity index (χ1v) is 9.30. The van der Waals surface area contributed by atoms with Crippen LogP contribution in [0.2, 0.25) is 5.15 Å². The molecule has 27 heavy (non-hydrogen) atoms. The molecule has 1 aliphatic rings. The van der Waals surface area contributed by atoms with Gasteiger partial charge in [0.25, 0.3) is 0 Å². The summed E-state index contributed by atoms with van der Waals surface area (Å²) >= 11 is 6.01. The van der Waals surface area contributed by atoms with Crippen molar-refractivity contribution >= 4 is 45.2 Å². The Hall–Kier alpha value is -2.60. The summed E-state index contributed by atoms with van der Waals surface area (Å²) in [7, 11) is 0. The number of aromatic nitrogens is 3. The summed E-state index contributed by atoms with van der Waals surface area (Å²) in [4.78, 5) is 17.2. The van der Waals surface area contributed by atoms with Crippen molar-refractivity contribution in [1.29, 1.82) is 0 Å². The first kappa shape index (κ1) is 17.8. The number of carbonyl (C=O) groups excluding carboxylic acids is 1. The van der Waals surface area contributed by atoms with Gasteiger partial charge in [-0.3, -0.25) is 0 Å². The van der Waals surface area contributed by atoms with Crippen molar-refractivity contribution in [2.75, 3.05) is 13.1 Å². The predicted molar refractivity (Wildman–Crippen MR) is 107 cm³/mol. The lowest BCUT2D eigenvalue weighted by Gasteiger charge is -2.29. The Morgan fingerprint density at radius 1 is 1.22 bits per heavy atom. The van der Waals surface area contributed by atoms with Gasteiger partial charge in [-0.25, -0.2) is 4.79 Å². The topological polar surface area (TPSA) is 71.1 Å². The number of rotatable bonds is 1. The minimum atomic E-state index is -0.481. The lowest BCUT2D eigenvalue weighted by Crippen LogP contribution is -2.39. The molecule has 0 fully saturated rings. The Kier molecular flexibility index (Phi) is 4.30. The number of hydrogen-bond donors (Lipinski definition) is 1. The lowest BCUT2D eigenvalue weighted by atomic mass is 9.98. The number of H-pyrrole nitrogens is 1. The summed E-state index contributed by atoms with van der Waals surface area (Å²) in [6.07, 6.45) is 2.61. The van der Waals surface area contributed by atoms with Gasteiger partial charge in [-0.05, 0) is 56.5 Å². The number of halogens is 1. The number of carbonyl (C=O) groups is 1. The van der Waals surface area contributed by atoms with E-state index in [4.69, 9.17) is 16.3 Å². The van der Waals surface area contributed by atoms with Gasteiger partial charge in [0, 0.05) is 29.4 Å². The Bertz CT molecular complexity index is 1060. The maximum atomic E-state index is 12.2. The molecule has 0 aliphatic carbocycles. The predicted octanol–water partition coefficient (Wildman–Crippen LogP) is 4.79. The third kappa shape index (κ3) is 3.62. The molecule has 0 saturated carbocycles. The maximum absolute atomic E-state index is 12.2. The number of hydrogen-bond acceptors (Lipinski definition) is 4. The number of amides is 1. The second-order valence-corrected chi connectivity index (χ2v) is 8.11. The van der Waals surface area contributed by atoms with Gasteiger partial charge in [-0.1, -0.05) is 23.7 Å². The van der Waals surface area contributed by atoms with E-state index in [1.54, 1.807) is 4.90 Å². The molecule has 1 N–H and O–H groups in total. The van der Waals surface area contributed by atoms with E-state index in [0.717, 1.165) is 33.9 Å². The Labute approximate surface area is 162 Å². The quantitative estimate of drug-likeness (QED) is 0.654. The molecule has 2 aromatic heterocycles. The molecule has 3 heterocycles. The molecule has 1 aromatic carbocycles. The molecule has 4 rings (SSSR count). The highest BCUT2D eigenvalue weighted by Crippen LogP contribution is 2.30. The van der Waals surface area contributed by atoms with Gasteiger partial charge in [0.1, 0.15) is 5.60 Å². The molecular weight excluding hydrogens is 364 g/mol. The van der Waals surface area contributed by atoms with Crippen LogP contribution < -0.4 is 0 Å². The van der Waals surface area contributed by atoms with Crippen molar-refractivity contribution in [3.63, 3.8) is 0 Å². The summed E-state index contributed by atoms with van der Waals surface area (Å²) < 4.78 is 5.45. The van der Waals surface area contributed by atoms with Gasteiger partial charge in [-0.15, -0.1) is 10.2 Å². The number of fused-ring (bicyclic) bond motifs is 3. The van der Waals surface area contributed by atoms with E-state index in [2.05, 4.69) is 33.4 Å². The van der Waals surface area contributed by atoms with Gasteiger partial charge in [0.15, 0.2) is 10.8 Å². The first-order chi connectivity index (χ1) is 12.8. The standard InChI is InChI=1S/C20H21ClN4O2/c1-20(2,3)27-19(26)25-8-6-12(7-9-25)13-4-5-16-14(10-13)15-11-17(21)23-24-18(15)22-16/h4-6,10-11H,7-9H2,1-3H3,(H,22,24). The second kappa shape index (κ2) is 6.53. The van der Waals surface area contributed by atoms with E-state index in [1.165, 1.54) is 5.57 Å². The lowest BCUT2D eigenvalue weighted by molar-refractivity contribution is 0.0270. The van der Waals surface area contributed by atoms with Crippen LogP contribution in [0.3, 0.4) is 0 Å². The molecule has 0 atom stereocenters. The van der Waals surface area contributed by atoms with Crippen molar-refractivity contribution in [2.24, 2.45) is 0 Å². The summed E-state index contributed by atoms with van der Waals surface area (Å²) in [5.41, 5.74) is 3.60. The Morgan fingerprint density at radius 2 is 2.04 bits per heavy atom. The molecule has 140 valence electrons. The molecule has 0 bridgehead atoms. The van der Waals surface area contributed by atoms with E-state index in [-0.39, 0.29) is 6.09 Å². The first-order valence-electron chi connectivity index (χ1n) is 8.92. The van der Waals surface area contributed by atoms with E-state index < -0.39 is 5.60 Å². The zero-order valence-electron chi connectivity index (χ0n) is 15.5. The van der Waals surface area contributed by atoms with Gasteiger partial charge in [-0.2, -0.15) is 0 Å². The zero-order valence-corrected chi connectivity index (χ0v) is 16.3. The number of nitrogens with zero attached hydrogens (tertiary/aromatic N) is 3. The minimum absolute atomic E-state index is 0.266. The summed E-state index contributed by atoms with van der Waals surface area (Å²) in [5, 5.41) is 10.4. The molecule has 3 aromatic rings. The molecule has 0 radical (unpaired) electrons. The molecule has 1 amide bonds. The fourth-order valence-electron chi connectivity index (χ4n) is 3.29. The number of nitrogens with one attached hydrogen (secondary N) is 1. The summed E-state index contributed by atoms with van der Waals surface area (Å²) in [6.45, 7) is 6.83. The van der Waals surface area contributed by atoms with Crippen molar-refractivity contribution in [1.82, 2.24) is 20.1 Å². The summed E-state index contributed by atoms with van der Waals surface area (Å²) in [6, 6.07) is 8.09. The van der Waals surface area contributed by atoms with Crippen molar-refractivity contribution in [2.45, 2.75) is 32.8 Å². The average molecular weight is 385 g/mol. The highest BCUT2D eigenvalue weighted by atomic mass is 35.5. The molecule has 0 saturated heterocycles. The third-order valence-corrected chi connectivity index (χ3v) is 4.74. The monoisotopic (exact) mass is 384 g/mol. The van der Waals surface area contributed by atoms with Crippen LogP contribution >= 0.6 is 11.6 Å². The maximum Gasteiger partial charge on any atom is 0.410 e. The van der Waals surface area contributed by atoms with Gasteiger partial charge < -0.3 is 14.6 Å². The van der Waals surface area contributed by atoms with Crippen LogP contribution in [0.15, 0.2) is 30.3 Å². The average Bonchev–Trinajstić information content (AvgIpc) is 2.97. The van der Waals surface area contributed by atoms with E-state index in [1.807, 2.05) is 32.9 Å². The SMILES string of the molecule is CC(C)(C)OC(=O)N1CC=C(c2ccc3[nH]c4nnc(Cl)cc4c3c2)CC1. The van der Waals surface area contributed by atoms with Gasteiger partial charge in [0.2, 0.25) is 0 Å². The van der Waals surface area contributed by atoms with Crippen LogP contribution in [-0.4, -0.2) is 44.9 Å². The van der Waals surface area contributed by atoms with E-state index in [9.17, 15) is 4.79 Å². The largest absolute Gasteiger partial charge is 0.444 e. The normalized spacial score (nSPS) is 15.3. The van der Waals surface area contributed by atoms with Crippen LogP contribution in [0.5, 0.6) is 0 Å². The fourth-order valence-corrected chi connectivity index (χ4v) is 3.44. The van der Waals surface area contributed by atoms with Crippen molar-refractivity contribution in [3.05, 3.63) is 41.1 Å². The molecule has 0 unspecified atom stereocenters. The molecule has 6 nitrogen and oxygen atoms in total. The molecule has 1 aliphatic heterocycles. The molecule has 0 spiro atoms. The zero-order chi connectivity index (χ0) is 19.2. The Morgan fingerprint density at radius 3 is 2.74 bits per heavy atom. The van der Waals surface area contributed by atoms with Crippen LogP contribution in [0, 0.1) is 0 Å². The van der Waals surface area contributed by atoms with Crippen molar-refractivity contribution in [3.8, 4) is 0 Å². The van der Waals surface area contributed by atoms with Crippen LogP contribution in [0.4, 0.5) is 4.79 Å². The second-order valence-electron chi connectivity index (χ2n) is 7.72. The van der Waals surface area contributed by atoms with Crippen LogP contribution in [0.25, 0.3) is 27.5 Å². The Balaban J connectivity index is 1.60. The third-order valence-electron chi connectivity index (χ3n) is 4.56. The highest BCUT2D eigenvalue weighted by Gasteiger charge is 2.24.